The standard InChI is InChI=1S/C17H20N2O2/c20-16(21)11-13-6-9-19(10-7-13)12-15-4-1-3-14-5-2-8-18-17(14)15/h1-5,8,13H,6-7,9-12H2,(H,20,21). The molecule has 0 spiro atoms. The smallest absolute Gasteiger partial charge is 0.303 e. The van der Waals surface area contributed by atoms with Gasteiger partial charge in [0.2, 0.25) is 0 Å². The van der Waals surface area contributed by atoms with Gasteiger partial charge in [-0.3, -0.25) is 14.7 Å². The Morgan fingerprint density at radius 3 is 2.76 bits per heavy atom. The number of hydrogen-bond acceptors (Lipinski definition) is 3. The van der Waals surface area contributed by atoms with E-state index in [2.05, 4.69) is 34.1 Å². The predicted molar refractivity (Wildman–Crippen MR) is 82.0 cm³/mol. The fraction of sp³-hybridized carbons (Fsp3) is 0.412. The molecule has 2 aromatic rings. The van der Waals surface area contributed by atoms with E-state index in [9.17, 15) is 4.79 Å². The number of carbonyl (C=O) groups is 1. The van der Waals surface area contributed by atoms with Crippen LogP contribution in [0.1, 0.15) is 24.8 Å². The van der Waals surface area contributed by atoms with Crippen molar-refractivity contribution in [1.29, 1.82) is 0 Å². The first-order valence-electron chi connectivity index (χ1n) is 7.49. The van der Waals surface area contributed by atoms with Crippen LogP contribution in [-0.4, -0.2) is 34.0 Å². The van der Waals surface area contributed by atoms with E-state index in [4.69, 9.17) is 5.11 Å². The number of hydrogen-bond donors (Lipinski definition) is 1. The zero-order chi connectivity index (χ0) is 14.7. The highest BCUT2D eigenvalue weighted by atomic mass is 16.4. The minimum absolute atomic E-state index is 0.309. The van der Waals surface area contributed by atoms with Crippen molar-refractivity contribution in [2.75, 3.05) is 13.1 Å². The summed E-state index contributed by atoms with van der Waals surface area (Å²) >= 11 is 0. The van der Waals surface area contributed by atoms with E-state index >= 15 is 0 Å². The molecule has 0 atom stereocenters. The van der Waals surface area contributed by atoms with E-state index in [1.807, 2.05) is 12.3 Å². The van der Waals surface area contributed by atoms with Crippen LogP contribution in [0.5, 0.6) is 0 Å². The quantitative estimate of drug-likeness (QED) is 0.938. The maximum Gasteiger partial charge on any atom is 0.303 e. The highest BCUT2D eigenvalue weighted by Gasteiger charge is 2.21. The molecule has 1 aliphatic rings. The first kappa shape index (κ1) is 14.0. The van der Waals surface area contributed by atoms with Gasteiger partial charge in [-0.2, -0.15) is 0 Å². The van der Waals surface area contributed by atoms with Crippen molar-refractivity contribution < 1.29 is 9.90 Å². The molecule has 4 heteroatoms. The van der Waals surface area contributed by atoms with Crippen molar-refractivity contribution in [2.24, 2.45) is 5.92 Å². The Kier molecular flexibility index (Phi) is 4.15. The fourth-order valence-electron chi connectivity index (χ4n) is 3.13. The topological polar surface area (TPSA) is 53.4 Å². The van der Waals surface area contributed by atoms with E-state index < -0.39 is 5.97 Å². The first-order valence-corrected chi connectivity index (χ1v) is 7.49. The number of likely N-dealkylation sites (tertiary alicyclic amines) is 1. The molecule has 3 rings (SSSR count). The van der Waals surface area contributed by atoms with E-state index in [0.717, 1.165) is 38.0 Å². The lowest BCUT2D eigenvalue weighted by molar-refractivity contribution is -0.138. The summed E-state index contributed by atoms with van der Waals surface area (Å²) in [4.78, 5) is 17.7. The molecule has 0 aliphatic carbocycles. The number of pyridine rings is 1. The molecule has 1 saturated heterocycles. The molecule has 1 aromatic heterocycles. The van der Waals surface area contributed by atoms with E-state index in [1.54, 1.807) is 0 Å². The van der Waals surface area contributed by atoms with Crippen LogP contribution in [0.25, 0.3) is 10.9 Å². The maximum absolute atomic E-state index is 10.8. The average Bonchev–Trinajstić information content (AvgIpc) is 2.49. The summed E-state index contributed by atoms with van der Waals surface area (Å²) in [6.07, 6.45) is 4.10. The third kappa shape index (κ3) is 3.39. The van der Waals surface area contributed by atoms with Crippen LogP contribution in [0.2, 0.25) is 0 Å². The first-order chi connectivity index (χ1) is 10.2. The van der Waals surface area contributed by atoms with Gasteiger partial charge in [-0.1, -0.05) is 24.3 Å². The Bertz CT molecular complexity index is 628. The predicted octanol–water partition coefficient (Wildman–Crippen LogP) is 2.92. The minimum atomic E-state index is -0.674. The average molecular weight is 284 g/mol. The van der Waals surface area contributed by atoms with Gasteiger partial charge < -0.3 is 5.11 Å². The zero-order valence-electron chi connectivity index (χ0n) is 12.0. The second-order valence-electron chi connectivity index (χ2n) is 5.81. The molecule has 0 unspecified atom stereocenters. The SMILES string of the molecule is O=C(O)CC1CCN(Cc2cccc3cccnc23)CC1. The molecule has 2 heterocycles. The second-order valence-corrected chi connectivity index (χ2v) is 5.81. The van der Waals surface area contributed by atoms with Gasteiger partial charge in [0.05, 0.1) is 5.52 Å². The number of aliphatic carboxylic acids is 1. The molecular weight excluding hydrogens is 264 g/mol. The number of nitrogens with zero attached hydrogens (tertiary/aromatic N) is 2. The lowest BCUT2D eigenvalue weighted by Crippen LogP contribution is -2.34. The summed E-state index contributed by atoms with van der Waals surface area (Å²) in [5.41, 5.74) is 2.33. The van der Waals surface area contributed by atoms with Gasteiger partial charge in [0.25, 0.3) is 0 Å². The largest absolute Gasteiger partial charge is 0.481 e. The normalized spacial score (nSPS) is 17.1. The van der Waals surface area contributed by atoms with Gasteiger partial charge >= 0.3 is 5.97 Å². The molecule has 0 radical (unpaired) electrons. The molecule has 1 aromatic carbocycles. The van der Waals surface area contributed by atoms with Gasteiger partial charge in [-0.25, -0.2) is 0 Å². The molecule has 4 nitrogen and oxygen atoms in total. The Labute approximate surface area is 124 Å². The van der Waals surface area contributed by atoms with Crippen LogP contribution < -0.4 is 0 Å². The highest BCUT2D eigenvalue weighted by Crippen LogP contribution is 2.23. The van der Waals surface area contributed by atoms with Gasteiger partial charge in [0, 0.05) is 24.5 Å². The summed E-state index contributed by atoms with van der Waals surface area (Å²) < 4.78 is 0. The molecule has 1 N–H and O–H groups in total. The van der Waals surface area contributed by atoms with Crippen LogP contribution in [0.4, 0.5) is 0 Å². The van der Waals surface area contributed by atoms with Gasteiger partial charge in [-0.05, 0) is 43.5 Å². The van der Waals surface area contributed by atoms with E-state index in [1.165, 1.54) is 10.9 Å². The summed E-state index contributed by atoms with van der Waals surface area (Å²) in [6, 6.07) is 10.4. The van der Waals surface area contributed by atoms with Gasteiger partial charge in [0.15, 0.2) is 0 Å². The third-order valence-electron chi connectivity index (χ3n) is 4.28. The van der Waals surface area contributed by atoms with Crippen LogP contribution in [0, 0.1) is 5.92 Å². The lowest BCUT2D eigenvalue weighted by atomic mass is 9.93. The number of benzene rings is 1. The number of carboxylic acid groups (broad SMARTS) is 1. The van der Waals surface area contributed by atoms with E-state index in [0.29, 0.717) is 12.3 Å². The van der Waals surface area contributed by atoms with Crippen LogP contribution >= 0.6 is 0 Å². The van der Waals surface area contributed by atoms with Gasteiger partial charge in [0.1, 0.15) is 0 Å². The number of rotatable bonds is 4. The summed E-state index contributed by atoms with van der Waals surface area (Å²) in [6.45, 7) is 2.84. The summed E-state index contributed by atoms with van der Waals surface area (Å²) in [7, 11) is 0. The van der Waals surface area contributed by atoms with Crippen molar-refractivity contribution in [3.05, 3.63) is 42.1 Å². The minimum Gasteiger partial charge on any atom is -0.481 e. The summed E-state index contributed by atoms with van der Waals surface area (Å²) in [5, 5.41) is 10.0. The Morgan fingerprint density at radius 2 is 2.00 bits per heavy atom. The van der Waals surface area contributed by atoms with Crippen LogP contribution in [0.3, 0.4) is 0 Å². The maximum atomic E-state index is 10.8. The van der Waals surface area contributed by atoms with E-state index in [-0.39, 0.29) is 0 Å². The highest BCUT2D eigenvalue weighted by molar-refractivity contribution is 5.81. The van der Waals surface area contributed by atoms with Crippen LogP contribution in [-0.2, 0) is 11.3 Å². The molecule has 110 valence electrons. The molecule has 0 amide bonds. The fourth-order valence-corrected chi connectivity index (χ4v) is 3.13. The number of piperidine rings is 1. The van der Waals surface area contributed by atoms with Crippen molar-refractivity contribution in [3.8, 4) is 0 Å². The molecule has 21 heavy (non-hydrogen) atoms. The number of carboxylic acids is 1. The third-order valence-corrected chi connectivity index (χ3v) is 4.28. The Balaban J connectivity index is 1.66. The zero-order valence-corrected chi connectivity index (χ0v) is 12.0. The Hall–Kier alpha value is -1.94. The van der Waals surface area contributed by atoms with Crippen molar-refractivity contribution in [1.82, 2.24) is 9.88 Å². The molecule has 1 fully saturated rings. The van der Waals surface area contributed by atoms with Gasteiger partial charge in [-0.15, -0.1) is 0 Å². The summed E-state index contributed by atoms with van der Waals surface area (Å²) in [5.74, 6) is -0.337. The molecule has 0 saturated carbocycles. The molecular formula is C17H20N2O2. The number of aromatic nitrogens is 1. The van der Waals surface area contributed by atoms with Crippen molar-refractivity contribution >= 4 is 16.9 Å². The second kappa shape index (κ2) is 6.22. The molecule has 0 bridgehead atoms. The Morgan fingerprint density at radius 1 is 1.24 bits per heavy atom. The van der Waals surface area contributed by atoms with Crippen molar-refractivity contribution in [3.63, 3.8) is 0 Å². The van der Waals surface area contributed by atoms with Crippen molar-refractivity contribution in [2.45, 2.75) is 25.8 Å². The monoisotopic (exact) mass is 284 g/mol. The molecule has 1 aliphatic heterocycles. The number of fused-ring (bicyclic) bond motifs is 1. The number of para-hydroxylation sites is 1. The lowest BCUT2D eigenvalue weighted by Gasteiger charge is -2.31. The van der Waals surface area contributed by atoms with Crippen LogP contribution in [0.15, 0.2) is 36.5 Å².